The zero-order valence-corrected chi connectivity index (χ0v) is 12.5. The highest BCUT2D eigenvalue weighted by molar-refractivity contribution is 5.79. The van der Waals surface area contributed by atoms with E-state index in [4.69, 9.17) is 4.42 Å². The van der Waals surface area contributed by atoms with Crippen molar-refractivity contribution in [3.8, 4) is 0 Å². The van der Waals surface area contributed by atoms with Gasteiger partial charge in [-0.15, -0.1) is 0 Å². The molecule has 1 aromatic carbocycles. The van der Waals surface area contributed by atoms with Gasteiger partial charge in [0.15, 0.2) is 0 Å². The molecule has 2 aromatic rings. The van der Waals surface area contributed by atoms with E-state index < -0.39 is 0 Å². The molecule has 2 atom stereocenters. The highest BCUT2D eigenvalue weighted by atomic mass is 16.3. The first-order valence-corrected chi connectivity index (χ1v) is 7.31. The van der Waals surface area contributed by atoms with Gasteiger partial charge in [0, 0.05) is 6.04 Å². The van der Waals surface area contributed by atoms with Gasteiger partial charge in [-0.05, 0) is 31.0 Å². The molecule has 0 fully saturated rings. The highest BCUT2D eigenvalue weighted by Gasteiger charge is 2.19. The Morgan fingerprint density at radius 2 is 1.95 bits per heavy atom. The van der Waals surface area contributed by atoms with E-state index in [1.54, 1.807) is 6.26 Å². The predicted molar refractivity (Wildman–Crippen MR) is 82.9 cm³/mol. The third-order valence-electron chi connectivity index (χ3n) is 3.49. The summed E-state index contributed by atoms with van der Waals surface area (Å²) in [5, 5.41) is 6.21. The molecule has 0 radical (unpaired) electrons. The smallest absolute Gasteiger partial charge is 0.234 e. The quantitative estimate of drug-likeness (QED) is 0.823. The monoisotopic (exact) mass is 286 g/mol. The zero-order valence-electron chi connectivity index (χ0n) is 12.5. The summed E-state index contributed by atoms with van der Waals surface area (Å²) in [6.07, 6.45) is 2.61. The van der Waals surface area contributed by atoms with Crippen LogP contribution in [0.2, 0.25) is 0 Å². The van der Waals surface area contributed by atoms with Crippen LogP contribution in [-0.2, 0) is 4.79 Å². The molecule has 112 valence electrons. The van der Waals surface area contributed by atoms with Crippen molar-refractivity contribution in [2.24, 2.45) is 0 Å². The van der Waals surface area contributed by atoms with E-state index >= 15 is 0 Å². The first-order valence-electron chi connectivity index (χ1n) is 7.31. The molecule has 0 spiro atoms. The van der Waals surface area contributed by atoms with Gasteiger partial charge in [-0.25, -0.2) is 0 Å². The van der Waals surface area contributed by atoms with Crippen LogP contribution in [0, 0.1) is 0 Å². The minimum absolute atomic E-state index is 0.0412. The second-order valence-electron chi connectivity index (χ2n) is 5.12. The highest BCUT2D eigenvalue weighted by Crippen LogP contribution is 2.22. The Kier molecular flexibility index (Phi) is 5.58. The van der Waals surface area contributed by atoms with Crippen LogP contribution in [0.3, 0.4) is 0 Å². The summed E-state index contributed by atoms with van der Waals surface area (Å²) in [4.78, 5) is 12.1. The van der Waals surface area contributed by atoms with E-state index in [9.17, 15) is 4.79 Å². The molecule has 1 aromatic heterocycles. The molecule has 21 heavy (non-hydrogen) atoms. The molecule has 0 saturated heterocycles. The van der Waals surface area contributed by atoms with Crippen LogP contribution in [-0.4, -0.2) is 18.5 Å². The van der Waals surface area contributed by atoms with Crippen molar-refractivity contribution in [1.29, 1.82) is 0 Å². The second kappa shape index (κ2) is 7.64. The molecule has 0 aliphatic heterocycles. The van der Waals surface area contributed by atoms with Gasteiger partial charge in [-0.1, -0.05) is 37.3 Å². The van der Waals surface area contributed by atoms with Crippen LogP contribution in [0.5, 0.6) is 0 Å². The van der Waals surface area contributed by atoms with Gasteiger partial charge in [0.2, 0.25) is 5.91 Å². The van der Waals surface area contributed by atoms with Gasteiger partial charge in [0.25, 0.3) is 0 Å². The number of rotatable bonds is 7. The Bertz CT molecular complexity index is 537. The van der Waals surface area contributed by atoms with Gasteiger partial charge in [-0.3, -0.25) is 4.79 Å². The maximum atomic E-state index is 12.1. The van der Waals surface area contributed by atoms with Gasteiger partial charge < -0.3 is 15.1 Å². The molecule has 1 amide bonds. The fourth-order valence-electron chi connectivity index (χ4n) is 2.04. The minimum atomic E-state index is -0.257. The lowest BCUT2D eigenvalue weighted by molar-refractivity contribution is -0.121. The van der Waals surface area contributed by atoms with E-state index in [0.717, 1.165) is 17.7 Å². The Hall–Kier alpha value is -2.07. The number of amides is 1. The van der Waals surface area contributed by atoms with Crippen LogP contribution >= 0.6 is 0 Å². The average Bonchev–Trinajstić information content (AvgIpc) is 3.05. The summed E-state index contributed by atoms with van der Waals surface area (Å²) in [6, 6.07) is 13.6. The van der Waals surface area contributed by atoms with Crippen molar-refractivity contribution in [2.75, 3.05) is 6.54 Å². The van der Waals surface area contributed by atoms with Crippen molar-refractivity contribution in [2.45, 2.75) is 32.4 Å². The van der Waals surface area contributed by atoms with Crippen molar-refractivity contribution in [1.82, 2.24) is 10.6 Å². The predicted octanol–water partition coefficient (Wildman–Crippen LogP) is 2.87. The Labute approximate surface area is 125 Å². The van der Waals surface area contributed by atoms with E-state index in [2.05, 4.69) is 24.5 Å². The number of hydrogen-bond acceptors (Lipinski definition) is 3. The number of furan rings is 1. The number of benzene rings is 1. The summed E-state index contributed by atoms with van der Waals surface area (Å²) in [5.74, 6) is 0.693. The SMILES string of the molecule is CCC(C)NCC(=O)NC(c1ccccc1)c1ccco1. The van der Waals surface area contributed by atoms with Gasteiger partial charge in [0.1, 0.15) is 11.8 Å². The first-order chi connectivity index (χ1) is 10.2. The molecule has 0 aliphatic rings. The Balaban J connectivity index is 2.05. The summed E-state index contributed by atoms with van der Waals surface area (Å²) in [6.45, 7) is 4.46. The number of carbonyl (C=O) groups is 1. The third kappa shape index (κ3) is 4.46. The molecule has 2 rings (SSSR count). The van der Waals surface area contributed by atoms with E-state index in [1.807, 2.05) is 42.5 Å². The standard InChI is InChI=1S/C17H22N2O2/c1-3-13(2)18-12-16(20)19-17(15-10-7-11-21-15)14-8-5-4-6-9-14/h4-11,13,17-18H,3,12H2,1-2H3,(H,19,20). The first kappa shape index (κ1) is 15.3. The summed E-state index contributed by atoms with van der Waals surface area (Å²) in [5.41, 5.74) is 1.00. The zero-order chi connectivity index (χ0) is 15.1. The van der Waals surface area contributed by atoms with E-state index in [1.165, 1.54) is 0 Å². The lowest BCUT2D eigenvalue weighted by atomic mass is 10.0. The van der Waals surface area contributed by atoms with Gasteiger partial charge in [-0.2, -0.15) is 0 Å². The topological polar surface area (TPSA) is 54.3 Å². The van der Waals surface area contributed by atoms with Crippen molar-refractivity contribution in [3.05, 3.63) is 60.1 Å². The third-order valence-corrected chi connectivity index (χ3v) is 3.49. The molecule has 1 heterocycles. The molecule has 2 unspecified atom stereocenters. The number of hydrogen-bond donors (Lipinski definition) is 2. The molecule has 0 aliphatic carbocycles. The second-order valence-corrected chi connectivity index (χ2v) is 5.12. The van der Waals surface area contributed by atoms with Gasteiger partial charge >= 0.3 is 0 Å². The van der Waals surface area contributed by atoms with Crippen LogP contribution < -0.4 is 10.6 Å². The molecule has 2 N–H and O–H groups in total. The van der Waals surface area contributed by atoms with E-state index in [-0.39, 0.29) is 11.9 Å². The van der Waals surface area contributed by atoms with Crippen LogP contribution in [0.15, 0.2) is 53.1 Å². The number of carbonyl (C=O) groups excluding carboxylic acids is 1. The molecule has 0 saturated carbocycles. The Morgan fingerprint density at radius 1 is 1.19 bits per heavy atom. The largest absolute Gasteiger partial charge is 0.467 e. The lowest BCUT2D eigenvalue weighted by Crippen LogP contribution is -2.39. The minimum Gasteiger partial charge on any atom is -0.467 e. The molecule has 0 bridgehead atoms. The molecule has 4 heteroatoms. The molecular formula is C17H22N2O2. The summed E-state index contributed by atoms with van der Waals surface area (Å²) >= 11 is 0. The Morgan fingerprint density at radius 3 is 2.57 bits per heavy atom. The summed E-state index contributed by atoms with van der Waals surface area (Å²) < 4.78 is 5.46. The van der Waals surface area contributed by atoms with E-state index in [0.29, 0.717) is 12.6 Å². The van der Waals surface area contributed by atoms with Crippen molar-refractivity contribution in [3.63, 3.8) is 0 Å². The lowest BCUT2D eigenvalue weighted by Gasteiger charge is -2.18. The van der Waals surface area contributed by atoms with Crippen molar-refractivity contribution >= 4 is 5.91 Å². The summed E-state index contributed by atoms with van der Waals surface area (Å²) in [7, 11) is 0. The maximum absolute atomic E-state index is 12.1. The fourth-order valence-corrected chi connectivity index (χ4v) is 2.04. The average molecular weight is 286 g/mol. The van der Waals surface area contributed by atoms with Crippen LogP contribution in [0.1, 0.15) is 37.6 Å². The molecule has 4 nitrogen and oxygen atoms in total. The van der Waals surface area contributed by atoms with Crippen LogP contribution in [0.25, 0.3) is 0 Å². The van der Waals surface area contributed by atoms with Crippen LogP contribution in [0.4, 0.5) is 0 Å². The normalized spacial score (nSPS) is 13.6. The fraction of sp³-hybridized carbons (Fsp3) is 0.353. The van der Waals surface area contributed by atoms with Gasteiger partial charge in [0.05, 0.1) is 12.8 Å². The maximum Gasteiger partial charge on any atom is 0.234 e. The molecular weight excluding hydrogens is 264 g/mol. The van der Waals surface area contributed by atoms with Crippen molar-refractivity contribution < 1.29 is 9.21 Å². The number of nitrogens with one attached hydrogen (secondary N) is 2.